The molecule has 1 fully saturated rings. The zero-order valence-corrected chi connectivity index (χ0v) is 16.9. The van der Waals surface area contributed by atoms with E-state index in [0.29, 0.717) is 54.4 Å². The molecule has 0 radical (unpaired) electrons. The van der Waals surface area contributed by atoms with Gasteiger partial charge in [0.2, 0.25) is 5.88 Å². The largest absolute Gasteiger partial charge is 0.481 e. The Morgan fingerprint density at radius 1 is 1.07 bits per heavy atom. The molecule has 2 N–H and O–H groups in total. The van der Waals surface area contributed by atoms with Crippen molar-refractivity contribution in [3.8, 4) is 5.88 Å². The van der Waals surface area contributed by atoms with Gasteiger partial charge in [-0.3, -0.25) is 18.9 Å². The Kier molecular flexibility index (Phi) is 6.45. The van der Waals surface area contributed by atoms with Crippen molar-refractivity contribution in [3.05, 3.63) is 53.2 Å². The molecule has 0 aliphatic carbocycles. The fourth-order valence-electron chi connectivity index (χ4n) is 3.14. The van der Waals surface area contributed by atoms with Gasteiger partial charge in [-0.1, -0.05) is 0 Å². The molecule has 0 spiro atoms. The van der Waals surface area contributed by atoms with E-state index in [9.17, 15) is 13.8 Å². The number of hydrogen-bond donors (Lipinski definition) is 2. The molecule has 10 heteroatoms. The molecule has 9 nitrogen and oxygen atoms in total. The number of nitrogens with zero attached hydrogens (tertiary/aromatic N) is 3. The van der Waals surface area contributed by atoms with E-state index in [1.54, 1.807) is 47.1 Å². The molecule has 0 saturated carbocycles. The molecule has 154 valence electrons. The van der Waals surface area contributed by atoms with Crippen LogP contribution in [0.1, 0.15) is 26.3 Å². The highest BCUT2D eigenvalue weighted by Crippen LogP contribution is 2.19. The van der Waals surface area contributed by atoms with Gasteiger partial charge in [0.1, 0.15) is 0 Å². The van der Waals surface area contributed by atoms with Crippen LogP contribution in [0, 0.1) is 6.92 Å². The minimum atomic E-state index is -2.17. The van der Waals surface area contributed by atoms with Crippen molar-refractivity contribution in [3.63, 3.8) is 0 Å². The second-order valence-electron chi connectivity index (χ2n) is 6.55. The zero-order valence-electron chi connectivity index (χ0n) is 16.1. The van der Waals surface area contributed by atoms with Gasteiger partial charge >= 0.3 is 0 Å². The standard InChI is InChI=1S/C19H22N4O5S/c1-13-11-14(3-4-16(13)21-29(26)27)18(24)22-7-9-23(10-8-22)19(25)15-5-6-20-17(12-15)28-2/h3-6,11-12,21H,7-10H2,1-2H3,(H,26,27). The summed E-state index contributed by atoms with van der Waals surface area (Å²) in [6.45, 7) is 3.46. The molecule has 2 aromatic rings. The number of nitrogens with one attached hydrogen (secondary N) is 1. The van der Waals surface area contributed by atoms with Crippen LogP contribution in [-0.2, 0) is 11.3 Å². The number of carbonyl (C=O) groups excluding carboxylic acids is 2. The summed E-state index contributed by atoms with van der Waals surface area (Å²) in [5.41, 5.74) is 2.18. The molecule has 29 heavy (non-hydrogen) atoms. The summed E-state index contributed by atoms with van der Waals surface area (Å²) in [4.78, 5) is 32.9. The van der Waals surface area contributed by atoms with Crippen molar-refractivity contribution in [1.82, 2.24) is 14.8 Å². The van der Waals surface area contributed by atoms with Gasteiger partial charge in [-0.2, -0.15) is 0 Å². The number of pyridine rings is 1. The number of amides is 2. The fourth-order valence-corrected chi connectivity index (χ4v) is 3.55. The average Bonchev–Trinajstić information content (AvgIpc) is 2.74. The molecule has 1 aliphatic heterocycles. The number of methoxy groups -OCH3 is 1. The summed E-state index contributed by atoms with van der Waals surface area (Å²) in [5.74, 6) is 0.117. The minimum Gasteiger partial charge on any atom is -0.481 e. The molecular weight excluding hydrogens is 396 g/mol. The number of rotatable bonds is 5. The first kappa shape index (κ1) is 20.7. The third-order valence-corrected chi connectivity index (χ3v) is 5.11. The van der Waals surface area contributed by atoms with E-state index in [-0.39, 0.29) is 11.8 Å². The Bertz CT molecular complexity index is 944. The van der Waals surface area contributed by atoms with Gasteiger partial charge in [-0.15, -0.1) is 0 Å². The first-order valence-electron chi connectivity index (χ1n) is 8.96. The maximum Gasteiger partial charge on any atom is 0.259 e. The first-order chi connectivity index (χ1) is 13.9. The second-order valence-corrected chi connectivity index (χ2v) is 7.25. The second kappa shape index (κ2) is 9.01. The maximum absolute atomic E-state index is 12.8. The normalized spacial score (nSPS) is 15.0. The first-order valence-corrected chi connectivity index (χ1v) is 10.1. The predicted octanol–water partition coefficient (Wildman–Crippen LogP) is 1.55. The molecule has 3 rings (SSSR count). The molecule has 1 aromatic heterocycles. The number of piperazine rings is 1. The van der Waals surface area contributed by atoms with Gasteiger partial charge in [-0.25, -0.2) is 9.19 Å². The lowest BCUT2D eigenvalue weighted by Crippen LogP contribution is -2.50. The Hall–Kier alpha value is -2.98. The lowest BCUT2D eigenvalue weighted by atomic mass is 10.1. The van der Waals surface area contributed by atoms with Gasteiger partial charge in [0.25, 0.3) is 23.1 Å². The van der Waals surface area contributed by atoms with Gasteiger partial charge in [0.05, 0.1) is 12.8 Å². The molecule has 1 saturated heterocycles. The van der Waals surface area contributed by atoms with Crippen LogP contribution in [-0.4, -0.2) is 68.6 Å². The predicted molar refractivity (Wildman–Crippen MR) is 108 cm³/mol. The van der Waals surface area contributed by atoms with E-state index in [1.165, 1.54) is 13.3 Å². The van der Waals surface area contributed by atoms with E-state index in [4.69, 9.17) is 9.29 Å². The average molecular weight is 418 g/mol. The van der Waals surface area contributed by atoms with Crippen molar-refractivity contribution in [2.24, 2.45) is 0 Å². The monoisotopic (exact) mass is 418 g/mol. The molecule has 0 bridgehead atoms. The van der Waals surface area contributed by atoms with Crippen LogP contribution in [0.2, 0.25) is 0 Å². The third-order valence-electron chi connectivity index (χ3n) is 4.72. The lowest BCUT2D eigenvalue weighted by Gasteiger charge is -2.35. The molecule has 1 atom stereocenters. The van der Waals surface area contributed by atoms with Crippen LogP contribution in [0.15, 0.2) is 36.5 Å². The topological polar surface area (TPSA) is 112 Å². The summed E-state index contributed by atoms with van der Waals surface area (Å²) in [7, 11) is 1.49. The number of benzene rings is 1. The smallest absolute Gasteiger partial charge is 0.259 e. The Balaban J connectivity index is 1.62. The number of aromatic nitrogens is 1. The van der Waals surface area contributed by atoms with Crippen LogP contribution in [0.25, 0.3) is 0 Å². The van der Waals surface area contributed by atoms with Gasteiger partial charge < -0.3 is 14.5 Å². The molecule has 1 unspecified atom stereocenters. The fraction of sp³-hybridized carbons (Fsp3) is 0.316. The molecule has 2 heterocycles. The van der Waals surface area contributed by atoms with Crippen LogP contribution >= 0.6 is 0 Å². The number of anilines is 1. The highest BCUT2D eigenvalue weighted by Gasteiger charge is 2.26. The number of carbonyl (C=O) groups is 2. The number of hydrogen-bond acceptors (Lipinski definition) is 5. The molecular formula is C19H22N4O5S. The Labute approximate surface area is 171 Å². The van der Waals surface area contributed by atoms with Crippen LogP contribution < -0.4 is 9.46 Å². The molecule has 1 aromatic carbocycles. The van der Waals surface area contributed by atoms with Crippen molar-refractivity contribution in [1.29, 1.82) is 0 Å². The van der Waals surface area contributed by atoms with Crippen LogP contribution in [0.4, 0.5) is 5.69 Å². The van der Waals surface area contributed by atoms with Crippen LogP contribution in [0.5, 0.6) is 5.88 Å². The van der Waals surface area contributed by atoms with Crippen molar-refractivity contribution < 1.29 is 23.1 Å². The van der Waals surface area contributed by atoms with E-state index in [0.717, 1.165) is 0 Å². The van der Waals surface area contributed by atoms with E-state index in [2.05, 4.69) is 9.71 Å². The summed E-state index contributed by atoms with van der Waals surface area (Å²) in [6, 6.07) is 8.13. The quantitative estimate of drug-likeness (QED) is 0.713. The molecule has 2 amide bonds. The highest BCUT2D eigenvalue weighted by atomic mass is 32.2. The van der Waals surface area contributed by atoms with Crippen molar-refractivity contribution in [2.75, 3.05) is 38.0 Å². The van der Waals surface area contributed by atoms with E-state index < -0.39 is 11.3 Å². The summed E-state index contributed by atoms with van der Waals surface area (Å²) < 4.78 is 27.3. The van der Waals surface area contributed by atoms with Crippen LogP contribution in [0.3, 0.4) is 0 Å². The minimum absolute atomic E-state index is 0.124. The zero-order chi connectivity index (χ0) is 21.0. The van der Waals surface area contributed by atoms with Gasteiger partial charge in [0.15, 0.2) is 0 Å². The van der Waals surface area contributed by atoms with Gasteiger partial charge in [-0.05, 0) is 36.8 Å². The van der Waals surface area contributed by atoms with E-state index in [1.807, 2.05) is 0 Å². The SMILES string of the molecule is COc1cc(C(=O)N2CCN(C(=O)c3ccc(NS(=O)O)c(C)c3)CC2)ccn1. The highest BCUT2D eigenvalue weighted by molar-refractivity contribution is 7.80. The third kappa shape index (κ3) is 4.90. The summed E-state index contributed by atoms with van der Waals surface area (Å²) in [6.07, 6.45) is 1.53. The molecule has 1 aliphatic rings. The van der Waals surface area contributed by atoms with Crippen molar-refractivity contribution in [2.45, 2.75) is 6.92 Å². The number of aryl methyl sites for hydroxylation is 1. The summed E-state index contributed by atoms with van der Waals surface area (Å²) in [5, 5.41) is 0. The number of ether oxygens (including phenoxy) is 1. The van der Waals surface area contributed by atoms with Gasteiger partial charge in [0, 0.05) is 49.6 Å². The maximum atomic E-state index is 12.8. The van der Waals surface area contributed by atoms with E-state index >= 15 is 0 Å². The summed E-state index contributed by atoms with van der Waals surface area (Å²) >= 11 is -2.17. The Morgan fingerprint density at radius 3 is 2.17 bits per heavy atom. The Morgan fingerprint density at radius 2 is 1.66 bits per heavy atom. The lowest BCUT2D eigenvalue weighted by molar-refractivity contribution is 0.0535. The van der Waals surface area contributed by atoms with Crippen molar-refractivity contribution >= 4 is 28.8 Å².